The average Bonchev–Trinajstić information content (AvgIpc) is 2.47. The van der Waals surface area contributed by atoms with Gasteiger partial charge >= 0.3 is 0 Å². The molecule has 0 radical (unpaired) electrons. The van der Waals surface area contributed by atoms with Gasteiger partial charge in [-0.1, -0.05) is 0 Å². The van der Waals surface area contributed by atoms with Gasteiger partial charge in [0.05, 0.1) is 10.6 Å². The van der Waals surface area contributed by atoms with Crippen LogP contribution in [0.5, 0.6) is 0 Å². The Morgan fingerprint density at radius 1 is 1.35 bits per heavy atom. The first-order chi connectivity index (χ1) is 7.68. The summed E-state index contributed by atoms with van der Waals surface area (Å²) in [5.41, 5.74) is 0.463. The van der Waals surface area contributed by atoms with Crippen LogP contribution in [0.1, 0.15) is 44.8 Å². The number of nitrogens with one attached hydrogen (secondary N) is 1. The van der Waals surface area contributed by atoms with Crippen LogP contribution in [0.4, 0.5) is 0 Å². The molecule has 4 heteroatoms. The Bertz CT molecular complexity index is 353. The minimum Gasteiger partial charge on any atom is -0.390 e. The standard InChI is InChI=1S/C13H24N2OS/c1-10-9-17-11(15-10)8-13(5,16)6-7-14-12(2,3)4/h9,14,16H,6-8H2,1-5H3. The Morgan fingerprint density at radius 3 is 2.47 bits per heavy atom. The number of hydrogen-bond donors (Lipinski definition) is 2. The van der Waals surface area contributed by atoms with Gasteiger partial charge in [-0.15, -0.1) is 11.3 Å². The molecule has 0 bridgehead atoms. The summed E-state index contributed by atoms with van der Waals surface area (Å²) in [6.07, 6.45) is 1.38. The van der Waals surface area contributed by atoms with Crippen molar-refractivity contribution in [2.24, 2.45) is 0 Å². The van der Waals surface area contributed by atoms with E-state index in [1.807, 2.05) is 19.2 Å². The van der Waals surface area contributed by atoms with Gasteiger partial charge in [0.2, 0.25) is 0 Å². The van der Waals surface area contributed by atoms with E-state index in [9.17, 15) is 5.11 Å². The van der Waals surface area contributed by atoms with E-state index in [4.69, 9.17) is 0 Å². The van der Waals surface area contributed by atoms with Crippen LogP contribution in [0.25, 0.3) is 0 Å². The largest absolute Gasteiger partial charge is 0.390 e. The highest BCUT2D eigenvalue weighted by atomic mass is 32.1. The predicted octanol–water partition coefficient (Wildman–Crippen LogP) is 2.52. The van der Waals surface area contributed by atoms with Crippen molar-refractivity contribution in [3.8, 4) is 0 Å². The second-order valence-electron chi connectivity index (χ2n) is 5.98. The Morgan fingerprint density at radius 2 is 2.00 bits per heavy atom. The molecule has 0 fully saturated rings. The van der Waals surface area contributed by atoms with E-state index < -0.39 is 5.60 Å². The van der Waals surface area contributed by atoms with Crippen LogP contribution in [0.2, 0.25) is 0 Å². The Balaban J connectivity index is 2.41. The van der Waals surface area contributed by atoms with Gasteiger partial charge in [-0.3, -0.25) is 0 Å². The highest BCUT2D eigenvalue weighted by Gasteiger charge is 2.23. The molecule has 1 aromatic rings. The van der Waals surface area contributed by atoms with E-state index in [0.717, 1.165) is 23.7 Å². The molecule has 0 saturated carbocycles. The molecular formula is C13H24N2OS. The summed E-state index contributed by atoms with van der Waals surface area (Å²) in [7, 11) is 0. The molecule has 0 spiro atoms. The van der Waals surface area contributed by atoms with Crippen LogP contribution in [0.3, 0.4) is 0 Å². The van der Waals surface area contributed by atoms with Crippen molar-refractivity contribution in [3.05, 3.63) is 16.1 Å². The van der Waals surface area contributed by atoms with E-state index >= 15 is 0 Å². The molecule has 1 rings (SSSR count). The van der Waals surface area contributed by atoms with Gasteiger partial charge in [-0.25, -0.2) is 4.98 Å². The van der Waals surface area contributed by atoms with E-state index in [-0.39, 0.29) is 5.54 Å². The number of hydrogen-bond acceptors (Lipinski definition) is 4. The number of rotatable bonds is 5. The molecule has 1 heterocycles. The van der Waals surface area contributed by atoms with Crippen LogP contribution in [0.15, 0.2) is 5.38 Å². The molecule has 0 amide bonds. The summed E-state index contributed by atoms with van der Waals surface area (Å²) in [6, 6.07) is 0. The molecule has 1 unspecified atom stereocenters. The maximum Gasteiger partial charge on any atom is 0.0956 e. The molecule has 1 aromatic heterocycles. The zero-order valence-electron chi connectivity index (χ0n) is 11.5. The normalized spacial score (nSPS) is 15.9. The first-order valence-corrected chi connectivity index (χ1v) is 6.94. The van der Waals surface area contributed by atoms with Crippen molar-refractivity contribution in [2.45, 2.75) is 58.6 Å². The monoisotopic (exact) mass is 256 g/mol. The van der Waals surface area contributed by atoms with Gasteiger partial charge in [0, 0.05) is 23.0 Å². The highest BCUT2D eigenvalue weighted by Crippen LogP contribution is 2.19. The molecule has 0 saturated heterocycles. The minimum atomic E-state index is -0.678. The molecule has 98 valence electrons. The molecule has 2 N–H and O–H groups in total. The maximum atomic E-state index is 10.3. The topological polar surface area (TPSA) is 45.1 Å². The first kappa shape index (κ1) is 14.6. The Hall–Kier alpha value is -0.450. The fraction of sp³-hybridized carbons (Fsp3) is 0.769. The van der Waals surface area contributed by atoms with Gasteiger partial charge in [0.15, 0.2) is 0 Å². The van der Waals surface area contributed by atoms with Crippen molar-refractivity contribution in [3.63, 3.8) is 0 Å². The highest BCUT2D eigenvalue weighted by molar-refractivity contribution is 7.09. The summed E-state index contributed by atoms with van der Waals surface area (Å²) < 4.78 is 0. The average molecular weight is 256 g/mol. The number of aryl methyl sites for hydroxylation is 1. The SMILES string of the molecule is Cc1csc(CC(C)(O)CCNC(C)(C)C)n1. The van der Waals surface area contributed by atoms with Crippen LogP contribution < -0.4 is 5.32 Å². The quantitative estimate of drug-likeness (QED) is 0.851. The fourth-order valence-electron chi connectivity index (χ4n) is 1.60. The number of nitrogens with zero attached hydrogens (tertiary/aromatic N) is 1. The second kappa shape index (κ2) is 5.46. The molecule has 0 aliphatic heterocycles. The number of thiazole rings is 1. The van der Waals surface area contributed by atoms with E-state index in [1.54, 1.807) is 11.3 Å². The van der Waals surface area contributed by atoms with Crippen molar-refractivity contribution in [2.75, 3.05) is 6.54 Å². The molecular weight excluding hydrogens is 232 g/mol. The lowest BCUT2D eigenvalue weighted by Gasteiger charge is -2.26. The van der Waals surface area contributed by atoms with Crippen LogP contribution in [-0.2, 0) is 6.42 Å². The molecule has 0 aromatic carbocycles. The maximum absolute atomic E-state index is 10.3. The van der Waals surface area contributed by atoms with Gasteiger partial charge in [0.1, 0.15) is 0 Å². The third-order valence-corrected chi connectivity index (χ3v) is 3.48. The number of aliphatic hydroxyl groups is 1. The molecule has 0 aliphatic rings. The van der Waals surface area contributed by atoms with Gasteiger partial charge in [0.25, 0.3) is 0 Å². The van der Waals surface area contributed by atoms with Gasteiger partial charge in [-0.05, 0) is 47.6 Å². The lowest BCUT2D eigenvalue weighted by Crippen LogP contribution is -2.40. The summed E-state index contributed by atoms with van der Waals surface area (Å²) in [5, 5.41) is 16.7. The Kier molecular flexibility index (Phi) is 4.69. The van der Waals surface area contributed by atoms with Crippen molar-refractivity contribution < 1.29 is 5.11 Å². The van der Waals surface area contributed by atoms with Crippen molar-refractivity contribution in [1.29, 1.82) is 0 Å². The third-order valence-electron chi connectivity index (χ3n) is 2.52. The second-order valence-corrected chi connectivity index (χ2v) is 6.93. The molecule has 0 aliphatic carbocycles. The molecule has 17 heavy (non-hydrogen) atoms. The summed E-state index contributed by atoms with van der Waals surface area (Å²) in [5.74, 6) is 0. The number of aromatic nitrogens is 1. The van der Waals surface area contributed by atoms with Crippen molar-refractivity contribution in [1.82, 2.24) is 10.3 Å². The summed E-state index contributed by atoms with van der Waals surface area (Å²) in [4.78, 5) is 4.39. The zero-order valence-corrected chi connectivity index (χ0v) is 12.3. The smallest absolute Gasteiger partial charge is 0.0956 e. The lowest BCUT2D eigenvalue weighted by molar-refractivity contribution is 0.0499. The van der Waals surface area contributed by atoms with E-state index in [1.165, 1.54) is 0 Å². The van der Waals surface area contributed by atoms with E-state index in [2.05, 4.69) is 31.1 Å². The molecule has 3 nitrogen and oxygen atoms in total. The fourth-order valence-corrected chi connectivity index (χ4v) is 2.56. The van der Waals surface area contributed by atoms with E-state index in [0.29, 0.717) is 6.42 Å². The van der Waals surface area contributed by atoms with Crippen molar-refractivity contribution >= 4 is 11.3 Å². The van der Waals surface area contributed by atoms with Crippen LogP contribution >= 0.6 is 11.3 Å². The van der Waals surface area contributed by atoms with Crippen LogP contribution in [0, 0.1) is 6.92 Å². The zero-order chi connectivity index (χ0) is 13.1. The lowest BCUT2D eigenvalue weighted by atomic mass is 9.97. The Labute approximate surface area is 108 Å². The first-order valence-electron chi connectivity index (χ1n) is 6.06. The third kappa shape index (κ3) is 6.15. The summed E-state index contributed by atoms with van der Waals surface area (Å²) in [6.45, 7) is 11.1. The summed E-state index contributed by atoms with van der Waals surface area (Å²) >= 11 is 1.62. The molecule has 1 atom stereocenters. The van der Waals surface area contributed by atoms with Gasteiger partial charge in [-0.2, -0.15) is 0 Å². The minimum absolute atomic E-state index is 0.105. The van der Waals surface area contributed by atoms with Gasteiger partial charge < -0.3 is 10.4 Å². The van der Waals surface area contributed by atoms with Crippen LogP contribution in [-0.4, -0.2) is 27.8 Å². The predicted molar refractivity (Wildman–Crippen MR) is 73.6 cm³/mol.